The van der Waals surface area contributed by atoms with Gasteiger partial charge in [-0.05, 0) is 17.7 Å². The van der Waals surface area contributed by atoms with Gasteiger partial charge in [-0.25, -0.2) is 8.42 Å². The molecule has 3 rings (SSSR count). The number of fused-ring (bicyclic) bond motifs is 1. The number of allylic oxidation sites excluding steroid dienone is 1. The summed E-state index contributed by atoms with van der Waals surface area (Å²) in [6, 6.07) is 9.71. The van der Waals surface area contributed by atoms with Crippen molar-refractivity contribution >= 4 is 26.6 Å². The minimum atomic E-state index is -3.11. The van der Waals surface area contributed by atoms with Crippen molar-refractivity contribution in [3.8, 4) is 0 Å². The van der Waals surface area contributed by atoms with Crippen molar-refractivity contribution in [2.24, 2.45) is 5.92 Å². The molecule has 2 aromatic rings. The summed E-state index contributed by atoms with van der Waals surface area (Å²) in [6.07, 6.45) is 3.58. The van der Waals surface area contributed by atoms with Gasteiger partial charge in [-0.1, -0.05) is 24.3 Å². The summed E-state index contributed by atoms with van der Waals surface area (Å²) in [6.45, 7) is 0.477. The number of carbonyl (C=O) groups excluding carboxylic acids is 1. The van der Waals surface area contributed by atoms with E-state index in [1.165, 1.54) is 5.41 Å². The number of nitrogens with zero attached hydrogens (tertiary/aromatic N) is 2. The molecule has 0 aliphatic carbocycles. The van der Waals surface area contributed by atoms with Gasteiger partial charge in [-0.2, -0.15) is 0 Å². The molecular weight excluding hydrogens is 312 g/mol. The fraction of sp³-hybridized carbons (Fsp3) is 0.294. The lowest BCUT2D eigenvalue weighted by atomic mass is 10.1. The quantitative estimate of drug-likeness (QED) is 0.861. The predicted molar refractivity (Wildman–Crippen MR) is 89.3 cm³/mol. The number of carbonyl (C=O) groups is 1. The van der Waals surface area contributed by atoms with Gasteiger partial charge in [0.2, 0.25) is 5.91 Å². The predicted octanol–water partition coefficient (Wildman–Crippen LogP) is 2.14. The normalized spacial score (nSPS) is 19.1. The number of aromatic nitrogens is 1. The molecule has 0 bridgehead atoms. The average Bonchev–Trinajstić information content (AvgIpc) is 2.86. The van der Waals surface area contributed by atoms with Gasteiger partial charge in [0.25, 0.3) is 0 Å². The number of pyridine rings is 1. The Labute approximate surface area is 135 Å². The standard InChI is InChI=1S/C17H18N2O3S/c1-19(17(20)10-13-7-9-23(21,22)12-13)11-14-4-2-6-16-15(14)5-3-8-18-16/h2-9,13H,10-12H2,1H3. The van der Waals surface area contributed by atoms with E-state index in [2.05, 4.69) is 4.98 Å². The molecule has 0 saturated heterocycles. The summed E-state index contributed by atoms with van der Waals surface area (Å²) in [4.78, 5) is 18.3. The molecule has 5 nitrogen and oxygen atoms in total. The molecule has 23 heavy (non-hydrogen) atoms. The Morgan fingerprint density at radius 1 is 1.30 bits per heavy atom. The second-order valence-electron chi connectivity index (χ2n) is 5.86. The van der Waals surface area contributed by atoms with Crippen LogP contribution in [0.15, 0.2) is 48.0 Å². The van der Waals surface area contributed by atoms with Gasteiger partial charge in [-0.15, -0.1) is 0 Å². The van der Waals surface area contributed by atoms with Crippen LogP contribution >= 0.6 is 0 Å². The largest absolute Gasteiger partial charge is 0.341 e. The Kier molecular flexibility index (Phi) is 4.17. The summed E-state index contributed by atoms with van der Waals surface area (Å²) >= 11 is 0. The first-order valence-corrected chi connectivity index (χ1v) is 9.14. The molecule has 1 aromatic carbocycles. The monoisotopic (exact) mass is 330 g/mol. The smallest absolute Gasteiger partial charge is 0.223 e. The number of benzene rings is 1. The third kappa shape index (κ3) is 3.59. The van der Waals surface area contributed by atoms with Crippen LogP contribution < -0.4 is 0 Å². The Hall–Kier alpha value is -2.21. The molecule has 0 spiro atoms. The first-order valence-electron chi connectivity index (χ1n) is 7.42. The van der Waals surface area contributed by atoms with Gasteiger partial charge in [0.15, 0.2) is 9.84 Å². The SMILES string of the molecule is CN(Cc1cccc2ncccc12)C(=O)CC1C=CS(=O)(=O)C1. The van der Waals surface area contributed by atoms with E-state index in [0.29, 0.717) is 6.54 Å². The van der Waals surface area contributed by atoms with Crippen molar-refractivity contribution in [2.75, 3.05) is 12.8 Å². The number of hydrogen-bond acceptors (Lipinski definition) is 4. The molecule has 0 N–H and O–H groups in total. The third-order valence-electron chi connectivity index (χ3n) is 4.01. The zero-order chi connectivity index (χ0) is 16.4. The maximum atomic E-state index is 12.3. The summed E-state index contributed by atoms with van der Waals surface area (Å²) in [5.41, 5.74) is 1.93. The summed E-state index contributed by atoms with van der Waals surface area (Å²) in [5.74, 6) is -0.244. The molecule has 0 saturated carbocycles. The van der Waals surface area contributed by atoms with Gasteiger partial charge in [-0.3, -0.25) is 9.78 Å². The zero-order valence-corrected chi connectivity index (χ0v) is 13.7. The van der Waals surface area contributed by atoms with Crippen LogP contribution in [0.3, 0.4) is 0 Å². The Morgan fingerprint density at radius 3 is 2.87 bits per heavy atom. The van der Waals surface area contributed by atoms with Crippen LogP contribution in [0.2, 0.25) is 0 Å². The van der Waals surface area contributed by atoms with Crippen LogP contribution in [0.25, 0.3) is 10.9 Å². The Morgan fingerprint density at radius 2 is 2.13 bits per heavy atom. The highest BCUT2D eigenvalue weighted by Gasteiger charge is 2.25. The fourth-order valence-corrected chi connectivity index (χ4v) is 4.19. The summed E-state index contributed by atoms with van der Waals surface area (Å²) in [7, 11) is -1.37. The summed E-state index contributed by atoms with van der Waals surface area (Å²) in [5, 5.41) is 2.24. The molecule has 1 aliphatic heterocycles. The minimum absolute atomic E-state index is 0.0325. The van der Waals surface area contributed by atoms with Crippen LogP contribution in [-0.2, 0) is 21.2 Å². The fourth-order valence-electron chi connectivity index (χ4n) is 2.80. The van der Waals surface area contributed by atoms with Crippen molar-refractivity contribution in [3.05, 3.63) is 53.6 Å². The lowest BCUT2D eigenvalue weighted by Gasteiger charge is -2.19. The van der Waals surface area contributed by atoms with E-state index < -0.39 is 9.84 Å². The maximum absolute atomic E-state index is 12.3. The van der Waals surface area contributed by atoms with E-state index in [-0.39, 0.29) is 24.0 Å². The minimum Gasteiger partial charge on any atom is -0.341 e. The van der Waals surface area contributed by atoms with Gasteiger partial charge < -0.3 is 4.90 Å². The molecule has 120 valence electrons. The van der Waals surface area contributed by atoms with Crippen molar-refractivity contribution in [2.45, 2.75) is 13.0 Å². The highest BCUT2D eigenvalue weighted by atomic mass is 32.2. The van der Waals surface area contributed by atoms with Crippen LogP contribution in [-0.4, -0.2) is 37.0 Å². The van der Waals surface area contributed by atoms with E-state index in [0.717, 1.165) is 16.5 Å². The average molecular weight is 330 g/mol. The molecule has 0 fully saturated rings. The van der Waals surface area contributed by atoms with E-state index in [4.69, 9.17) is 0 Å². The second kappa shape index (κ2) is 6.12. The zero-order valence-electron chi connectivity index (χ0n) is 12.8. The van der Waals surface area contributed by atoms with Crippen molar-refractivity contribution in [3.63, 3.8) is 0 Å². The lowest BCUT2D eigenvalue weighted by Crippen LogP contribution is -2.28. The molecule has 1 unspecified atom stereocenters. The molecule has 1 atom stereocenters. The molecule has 0 radical (unpaired) electrons. The molecular formula is C17H18N2O3S. The number of amides is 1. The third-order valence-corrected chi connectivity index (χ3v) is 5.48. The number of hydrogen-bond donors (Lipinski definition) is 0. The van der Waals surface area contributed by atoms with Gasteiger partial charge in [0.1, 0.15) is 0 Å². The lowest BCUT2D eigenvalue weighted by molar-refractivity contribution is -0.130. The second-order valence-corrected chi connectivity index (χ2v) is 7.79. The molecule has 2 heterocycles. The highest BCUT2D eigenvalue weighted by Crippen LogP contribution is 2.21. The van der Waals surface area contributed by atoms with Crippen LogP contribution in [0.5, 0.6) is 0 Å². The number of sulfone groups is 1. The summed E-state index contributed by atoms with van der Waals surface area (Å²) < 4.78 is 22.8. The van der Waals surface area contributed by atoms with Crippen LogP contribution in [0, 0.1) is 5.92 Å². The van der Waals surface area contributed by atoms with E-state index in [1.807, 2.05) is 30.3 Å². The van der Waals surface area contributed by atoms with Gasteiger partial charge in [0.05, 0.1) is 11.3 Å². The Balaban J connectivity index is 1.70. The first kappa shape index (κ1) is 15.7. The van der Waals surface area contributed by atoms with Crippen LogP contribution in [0.1, 0.15) is 12.0 Å². The van der Waals surface area contributed by atoms with Crippen molar-refractivity contribution < 1.29 is 13.2 Å². The maximum Gasteiger partial charge on any atom is 0.223 e. The topological polar surface area (TPSA) is 67.3 Å². The van der Waals surface area contributed by atoms with E-state index in [1.54, 1.807) is 24.2 Å². The highest BCUT2D eigenvalue weighted by molar-refractivity contribution is 7.94. The van der Waals surface area contributed by atoms with E-state index >= 15 is 0 Å². The molecule has 6 heteroatoms. The molecule has 1 amide bonds. The Bertz CT molecular complexity index is 869. The first-order chi connectivity index (χ1) is 10.9. The molecule has 1 aromatic heterocycles. The molecule has 1 aliphatic rings. The van der Waals surface area contributed by atoms with Gasteiger partial charge in [0, 0.05) is 42.9 Å². The van der Waals surface area contributed by atoms with E-state index in [9.17, 15) is 13.2 Å². The number of rotatable bonds is 4. The van der Waals surface area contributed by atoms with Gasteiger partial charge >= 0.3 is 0 Å². The van der Waals surface area contributed by atoms with Crippen LogP contribution in [0.4, 0.5) is 0 Å². The van der Waals surface area contributed by atoms with Crippen molar-refractivity contribution in [1.82, 2.24) is 9.88 Å². The van der Waals surface area contributed by atoms with Crippen molar-refractivity contribution in [1.29, 1.82) is 0 Å².